The summed E-state index contributed by atoms with van der Waals surface area (Å²) >= 11 is 0. The molecular formula is C23H36N6O2. The Balaban J connectivity index is 1.44. The third kappa shape index (κ3) is 6.21. The molecule has 0 bridgehead atoms. The first kappa shape index (κ1) is 23.1. The minimum absolute atomic E-state index is 0.0537. The van der Waals surface area contributed by atoms with Gasteiger partial charge in [0.25, 0.3) is 0 Å². The van der Waals surface area contributed by atoms with Crippen molar-refractivity contribution < 1.29 is 9.53 Å². The Morgan fingerprint density at radius 1 is 1.16 bits per heavy atom. The van der Waals surface area contributed by atoms with Crippen molar-refractivity contribution in [2.24, 2.45) is 4.99 Å². The number of H-pyrrole nitrogens is 1. The number of hydrogen-bond acceptors (Lipinski definition) is 4. The molecule has 2 heterocycles. The molecule has 0 aliphatic carbocycles. The largest absolute Gasteiger partial charge is 0.383 e. The fraction of sp³-hybridized carbons (Fsp3) is 0.565. The molecule has 0 radical (unpaired) electrons. The SMILES string of the molecule is CCc1cccc2c(CCNC(=NC)N3CCN(CC(=O)NCCOC)CC3)c[nH]c12. The smallest absolute Gasteiger partial charge is 0.234 e. The van der Waals surface area contributed by atoms with E-state index < -0.39 is 0 Å². The number of aromatic amines is 1. The van der Waals surface area contributed by atoms with E-state index in [9.17, 15) is 4.79 Å². The van der Waals surface area contributed by atoms with Crippen molar-refractivity contribution in [1.82, 2.24) is 25.4 Å². The van der Waals surface area contributed by atoms with Crippen molar-refractivity contribution in [3.8, 4) is 0 Å². The molecule has 0 spiro atoms. The molecule has 1 aromatic carbocycles. The van der Waals surface area contributed by atoms with Crippen LogP contribution in [-0.2, 0) is 22.4 Å². The van der Waals surface area contributed by atoms with Gasteiger partial charge in [0.2, 0.25) is 5.91 Å². The summed E-state index contributed by atoms with van der Waals surface area (Å²) in [4.78, 5) is 24.3. The number of ether oxygens (including phenoxy) is 1. The number of nitrogens with one attached hydrogen (secondary N) is 3. The highest BCUT2D eigenvalue weighted by atomic mass is 16.5. The standard InChI is InChI=1S/C23H36N6O2/c1-4-18-6-5-7-20-19(16-27-22(18)20)8-9-26-23(24-2)29-13-11-28(12-14-29)17-21(30)25-10-15-31-3/h5-7,16,27H,4,8-15,17H2,1-3H3,(H,24,26)(H,25,30). The minimum Gasteiger partial charge on any atom is -0.383 e. The quantitative estimate of drug-likeness (QED) is 0.318. The van der Waals surface area contributed by atoms with Gasteiger partial charge in [-0.1, -0.05) is 25.1 Å². The number of amides is 1. The summed E-state index contributed by atoms with van der Waals surface area (Å²) in [5.74, 6) is 0.983. The van der Waals surface area contributed by atoms with Gasteiger partial charge in [-0.05, 0) is 24.0 Å². The van der Waals surface area contributed by atoms with Crippen LogP contribution >= 0.6 is 0 Å². The minimum atomic E-state index is 0.0537. The van der Waals surface area contributed by atoms with Gasteiger partial charge in [0, 0.05) is 70.5 Å². The molecule has 1 aromatic heterocycles. The van der Waals surface area contributed by atoms with Crippen molar-refractivity contribution in [2.45, 2.75) is 19.8 Å². The van der Waals surface area contributed by atoms with Gasteiger partial charge >= 0.3 is 0 Å². The third-order valence-corrected chi connectivity index (χ3v) is 5.82. The lowest BCUT2D eigenvalue weighted by Gasteiger charge is -2.36. The van der Waals surface area contributed by atoms with Crippen LogP contribution in [0.25, 0.3) is 10.9 Å². The van der Waals surface area contributed by atoms with Gasteiger partial charge in [-0.25, -0.2) is 0 Å². The molecule has 1 aliphatic heterocycles. The van der Waals surface area contributed by atoms with Crippen LogP contribution in [0.2, 0.25) is 0 Å². The highest BCUT2D eigenvalue weighted by Gasteiger charge is 2.21. The number of carbonyl (C=O) groups is 1. The molecular weight excluding hydrogens is 392 g/mol. The van der Waals surface area contributed by atoms with Crippen LogP contribution in [0.3, 0.4) is 0 Å². The Morgan fingerprint density at radius 2 is 1.97 bits per heavy atom. The monoisotopic (exact) mass is 428 g/mol. The first-order chi connectivity index (χ1) is 15.2. The summed E-state index contributed by atoms with van der Waals surface area (Å²) in [6, 6.07) is 6.52. The predicted molar refractivity (Wildman–Crippen MR) is 126 cm³/mol. The highest BCUT2D eigenvalue weighted by Crippen LogP contribution is 2.22. The number of aryl methyl sites for hydroxylation is 1. The van der Waals surface area contributed by atoms with Gasteiger partial charge in [-0.15, -0.1) is 0 Å². The summed E-state index contributed by atoms with van der Waals surface area (Å²) in [7, 11) is 3.46. The lowest BCUT2D eigenvalue weighted by atomic mass is 10.1. The van der Waals surface area contributed by atoms with Gasteiger partial charge in [-0.2, -0.15) is 0 Å². The number of nitrogens with zero attached hydrogens (tertiary/aromatic N) is 3. The maximum atomic E-state index is 12.0. The molecule has 1 aliphatic rings. The first-order valence-corrected chi connectivity index (χ1v) is 11.2. The number of hydrogen-bond donors (Lipinski definition) is 3. The first-order valence-electron chi connectivity index (χ1n) is 11.2. The van der Waals surface area contributed by atoms with E-state index in [1.54, 1.807) is 7.11 Å². The second-order valence-electron chi connectivity index (χ2n) is 7.84. The zero-order valence-electron chi connectivity index (χ0n) is 19.0. The lowest BCUT2D eigenvalue weighted by molar-refractivity contribution is -0.122. The van der Waals surface area contributed by atoms with E-state index in [0.717, 1.165) is 51.5 Å². The number of carbonyl (C=O) groups excluding carboxylic acids is 1. The summed E-state index contributed by atoms with van der Waals surface area (Å²) < 4.78 is 4.97. The Bertz CT molecular complexity index is 870. The van der Waals surface area contributed by atoms with E-state index in [0.29, 0.717) is 19.7 Å². The Hall–Kier alpha value is -2.58. The van der Waals surface area contributed by atoms with Crippen LogP contribution in [0.4, 0.5) is 0 Å². The molecule has 1 saturated heterocycles. The summed E-state index contributed by atoms with van der Waals surface area (Å²) in [6.07, 6.45) is 4.10. The molecule has 1 fully saturated rings. The van der Waals surface area contributed by atoms with E-state index in [1.807, 2.05) is 7.05 Å². The van der Waals surface area contributed by atoms with Gasteiger partial charge in [0.05, 0.1) is 13.2 Å². The van der Waals surface area contributed by atoms with Crippen LogP contribution in [0, 0.1) is 0 Å². The predicted octanol–water partition coefficient (Wildman–Crippen LogP) is 1.23. The maximum absolute atomic E-state index is 12.0. The average molecular weight is 429 g/mol. The number of para-hydroxylation sites is 1. The van der Waals surface area contributed by atoms with Crippen LogP contribution in [-0.4, -0.2) is 93.2 Å². The third-order valence-electron chi connectivity index (χ3n) is 5.82. The molecule has 1 amide bonds. The van der Waals surface area contributed by atoms with Gasteiger partial charge in [-0.3, -0.25) is 14.7 Å². The topological polar surface area (TPSA) is 85.0 Å². The van der Waals surface area contributed by atoms with Crippen LogP contribution in [0.1, 0.15) is 18.1 Å². The lowest BCUT2D eigenvalue weighted by Crippen LogP contribution is -2.54. The van der Waals surface area contributed by atoms with Crippen LogP contribution in [0.5, 0.6) is 0 Å². The molecule has 0 unspecified atom stereocenters. The summed E-state index contributed by atoms with van der Waals surface area (Å²) in [5, 5.41) is 7.70. The normalized spacial score (nSPS) is 15.5. The molecule has 31 heavy (non-hydrogen) atoms. The Morgan fingerprint density at radius 3 is 2.68 bits per heavy atom. The molecule has 0 atom stereocenters. The van der Waals surface area contributed by atoms with E-state index >= 15 is 0 Å². The van der Waals surface area contributed by atoms with E-state index in [2.05, 4.69) is 61.7 Å². The number of rotatable bonds is 9. The number of aromatic nitrogens is 1. The van der Waals surface area contributed by atoms with Gasteiger partial charge in [0.1, 0.15) is 0 Å². The molecule has 3 N–H and O–H groups in total. The average Bonchev–Trinajstić information content (AvgIpc) is 3.21. The maximum Gasteiger partial charge on any atom is 0.234 e. The number of fused-ring (bicyclic) bond motifs is 1. The second kappa shape index (κ2) is 11.7. The molecule has 170 valence electrons. The Kier molecular flexibility index (Phi) is 8.73. The van der Waals surface area contributed by atoms with E-state index in [1.165, 1.54) is 22.0 Å². The molecule has 8 nitrogen and oxygen atoms in total. The van der Waals surface area contributed by atoms with Crippen molar-refractivity contribution in [3.05, 3.63) is 35.5 Å². The zero-order valence-corrected chi connectivity index (χ0v) is 19.0. The number of methoxy groups -OCH3 is 1. The number of piperazine rings is 1. The van der Waals surface area contributed by atoms with Crippen molar-refractivity contribution in [3.63, 3.8) is 0 Å². The molecule has 3 rings (SSSR count). The molecule has 2 aromatic rings. The summed E-state index contributed by atoms with van der Waals surface area (Å²) in [6.45, 7) is 7.97. The molecule has 8 heteroatoms. The Labute approximate surface area is 185 Å². The fourth-order valence-electron chi connectivity index (χ4n) is 4.09. The van der Waals surface area contributed by atoms with E-state index in [4.69, 9.17) is 4.74 Å². The number of aliphatic imine (C=N–C) groups is 1. The fourth-order valence-corrected chi connectivity index (χ4v) is 4.09. The number of guanidine groups is 1. The van der Waals surface area contributed by atoms with Crippen molar-refractivity contribution >= 4 is 22.8 Å². The van der Waals surface area contributed by atoms with Crippen LogP contribution < -0.4 is 10.6 Å². The van der Waals surface area contributed by atoms with Crippen molar-refractivity contribution in [1.29, 1.82) is 0 Å². The summed E-state index contributed by atoms with van der Waals surface area (Å²) in [5.41, 5.74) is 3.95. The van der Waals surface area contributed by atoms with Crippen molar-refractivity contribution in [2.75, 3.05) is 66.6 Å². The second-order valence-corrected chi connectivity index (χ2v) is 7.84. The van der Waals surface area contributed by atoms with Gasteiger partial charge in [0.15, 0.2) is 5.96 Å². The highest BCUT2D eigenvalue weighted by molar-refractivity contribution is 5.86. The van der Waals surface area contributed by atoms with E-state index in [-0.39, 0.29) is 5.91 Å². The molecule has 0 saturated carbocycles. The van der Waals surface area contributed by atoms with Gasteiger partial charge < -0.3 is 25.3 Å². The zero-order chi connectivity index (χ0) is 22.1. The van der Waals surface area contributed by atoms with Crippen LogP contribution in [0.15, 0.2) is 29.4 Å². The number of benzene rings is 1.